The maximum atomic E-state index is 13.7. The molecule has 1 nitrogen and oxygen atoms in total. The number of hydrogen-bond acceptors (Lipinski definition) is 1. The maximum absolute atomic E-state index is 13.7. The van der Waals surface area contributed by atoms with Crippen LogP contribution in [-0.4, -0.2) is 0 Å². The van der Waals surface area contributed by atoms with Gasteiger partial charge in [-0.05, 0) is 36.8 Å². The van der Waals surface area contributed by atoms with Crippen LogP contribution in [0.25, 0.3) is 0 Å². The SMILES string of the molecule is [CH2]c1cccc(Oc2c(F)cc(C(F)(F)F)cc2Cl)c1. The van der Waals surface area contributed by atoms with E-state index in [2.05, 4.69) is 6.92 Å². The molecule has 0 aliphatic carbocycles. The van der Waals surface area contributed by atoms with Crippen LogP contribution in [0.15, 0.2) is 36.4 Å². The predicted octanol–water partition coefficient (Wildman–Crippen LogP) is 5.47. The zero-order valence-electron chi connectivity index (χ0n) is 9.97. The summed E-state index contributed by atoms with van der Waals surface area (Å²) in [6.45, 7) is 3.66. The van der Waals surface area contributed by atoms with E-state index < -0.39 is 28.3 Å². The van der Waals surface area contributed by atoms with E-state index in [1.807, 2.05) is 0 Å². The highest BCUT2D eigenvalue weighted by molar-refractivity contribution is 6.32. The fourth-order valence-corrected chi connectivity index (χ4v) is 1.79. The van der Waals surface area contributed by atoms with Crippen LogP contribution >= 0.6 is 11.6 Å². The number of rotatable bonds is 2. The van der Waals surface area contributed by atoms with Crippen molar-refractivity contribution >= 4 is 11.6 Å². The van der Waals surface area contributed by atoms with E-state index in [0.717, 1.165) is 0 Å². The molecule has 6 heteroatoms. The molecule has 105 valence electrons. The van der Waals surface area contributed by atoms with Gasteiger partial charge < -0.3 is 4.74 Å². The van der Waals surface area contributed by atoms with E-state index in [1.54, 1.807) is 12.1 Å². The number of hydrogen-bond donors (Lipinski definition) is 0. The van der Waals surface area contributed by atoms with E-state index in [1.165, 1.54) is 12.1 Å². The Morgan fingerprint density at radius 2 is 1.80 bits per heavy atom. The summed E-state index contributed by atoms with van der Waals surface area (Å²) in [6.07, 6.45) is -4.67. The monoisotopic (exact) mass is 303 g/mol. The Balaban J connectivity index is 2.38. The smallest absolute Gasteiger partial charge is 0.416 e. The van der Waals surface area contributed by atoms with Crippen molar-refractivity contribution in [3.63, 3.8) is 0 Å². The summed E-state index contributed by atoms with van der Waals surface area (Å²) in [4.78, 5) is 0. The van der Waals surface area contributed by atoms with E-state index in [0.29, 0.717) is 17.7 Å². The summed E-state index contributed by atoms with van der Waals surface area (Å²) in [7, 11) is 0. The first-order valence-electron chi connectivity index (χ1n) is 5.43. The number of halogens is 5. The highest BCUT2D eigenvalue weighted by Gasteiger charge is 2.32. The first-order valence-corrected chi connectivity index (χ1v) is 5.81. The molecule has 0 fully saturated rings. The zero-order chi connectivity index (χ0) is 14.9. The predicted molar refractivity (Wildman–Crippen MR) is 67.4 cm³/mol. The summed E-state index contributed by atoms with van der Waals surface area (Å²) in [5.74, 6) is -1.40. The second-order valence-corrected chi connectivity index (χ2v) is 4.42. The number of alkyl halides is 3. The van der Waals surface area contributed by atoms with Gasteiger partial charge in [-0.15, -0.1) is 0 Å². The Labute approximate surface area is 117 Å². The Kier molecular flexibility index (Phi) is 3.90. The average Bonchev–Trinajstić information content (AvgIpc) is 2.32. The highest BCUT2D eigenvalue weighted by Crippen LogP contribution is 2.38. The van der Waals surface area contributed by atoms with Crippen molar-refractivity contribution in [2.45, 2.75) is 6.18 Å². The van der Waals surface area contributed by atoms with Gasteiger partial charge in [0.1, 0.15) is 5.75 Å². The lowest BCUT2D eigenvalue weighted by Gasteiger charge is -2.12. The molecule has 2 rings (SSSR count). The van der Waals surface area contributed by atoms with Gasteiger partial charge in [-0.1, -0.05) is 23.7 Å². The van der Waals surface area contributed by atoms with Crippen LogP contribution in [0.5, 0.6) is 11.5 Å². The molecule has 2 aromatic rings. The molecular formula is C14H8ClF4O. The molecule has 0 atom stereocenters. The van der Waals surface area contributed by atoms with Crippen molar-refractivity contribution in [3.8, 4) is 11.5 Å². The van der Waals surface area contributed by atoms with Crippen LogP contribution in [0.4, 0.5) is 17.6 Å². The maximum Gasteiger partial charge on any atom is 0.416 e. The Morgan fingerprint density at radius 1 is 1.10 bits per heavy atom. The van der Waals surface area contributed by atoms with Gasteiger partial charge in [-0.3, -0.25) is 0 Å². The van der Waals surface area contributed by atoms with Crippen molar-refractivity contribution in [2.24, 2.45) is 0 Å². The second-order valence-electron chi connectivity index (χ2n) is 4.02. The lowest BCUT2D eigenvalue weighted by molar-refractivity contribution is -0.137. The van der Waals surface area contributed by atoms with E-state index in [9.17, 15) is 17.6 Å². The van der Waals surface area contributed by atoms with Crippen molar-refractivity contribution in [2.75, 3.05) is 0 Å². The molecule has 0 N–H and O–H groups in total. The van der Waals surface area contributed by atoms with Gasteiger partial charge in [-0.25, -0.2) is 4.39 Å². The van der Waals surface area contributed by atoms with E-state index >= 15 is 0 Å². The fraction of sp³-hybridized carbons (Fsp3) is 0.0714. The first-order chi connectivity index (χ1) is 9.27. The fourth-order valence-electron chi connectivity index (χ4n) is 1.55. The molecule has 1 radical (unpaired) electrons. The van der Waals surface area contributed by atoms with Crippen LogP contribution in [0.1, 0.15) is 11.1 Å². The minimum absolute atomic E-state index is 0.234. The molecule has 0 aromatic heterocycles. The zero-order valence-corrected chi connectivity index (χ0v) is 10.7. The van der Waals surface area contributed by atoms with Crippen LogP contribution in [0, 0.1) is 12.7 Å². The summed E-state index contributed by atoms with van der Waals surface area (Å²) < 4.78 is 56.3. The molecular weight excluding hydrogens is 296 g/mol. The van der Waals surface area contributed by atoms with E-state index in [-0.39, 0.29) is 5.75 Å². The molecule has 0 spiro atoms. The summed E-state index contributed by atoms with van der Waals surface area (Å²) in [5.41, 5.74) is -0.552. The minimum Gasteiger partial charge on any atom is -0.453 e. The normalized spacial score (nSPS) is 11.5. The Hall–Kier alpha value is -1.75. The Bertz CT molecular complexity index is 614. The quantitative estimate of drug-likeness (QED) is 0.668. The lowest BCUT2D eigenvalue weighted by Crippen LogP contribution is -2.06. The van der Waals surface area contributed by atoms with Crippen LogP contribution in [0.2, 0.25) is 5.02 Å². The van der Waals surface area contributed by atoms with Gasteiger partial charge in [-0.2, -0.15) is 13.2 Å². The second kappa shape index (κ2) is 5.32. The molecule has 2 aromatic carbocycles. The number of benzene rings is 2. The highest BCUT2D eigenvalue weighted by atomic mass is 35.5. The van der Waals surface area contributed by atoms with Crippen molar-refractivity contribution in [1.82, 2.24) is 0 Å². The summed E-state index contributed by atoms with van der Waals surface area (Å²) >= 11 is 5.65. The van der Waals surface area contributed by atoms with Crippen molar-refractivity contribution in [3.05, 3.63) is 65.3 Å². The molecule has 0 heterocycles. The van der Waals surface area contributed by atoms with E-state index in [4.69, 9.17) is 16.3 Å². The van der Waals surface area contributed by atoms with Gasteiger partial charge in [0, 0.05) is 0 Å². The molecule has 0 aliphatic rings. The first kappa shape index (κ1) is 14.7. The van der Waals surface area contributed by atoms with Gasteiger partial charge >= 0.3 is 6.18 Å². The van der Waals surface area contributed by atoms with Crippen LogP contribution in [0.3, 0.4) is 0 Å². The number of ether oxygens (including phenoxy) is 1. The van der Waals surface area contributed by atoms with Crippen LogP contribution < -0.4 is 4.74 Å². The minimum atomic E-state index is -4.67. The van der Waals surface area contributed by atoms with Gasteiger partial charge in [0.25, 0.3) is 0 Å². The topological polar surface area (TPSA) is 9.23 Å². The van der Waals surface area contributed by atoms with Crippen LogP contribution in [-0.2, 0) is 6.18 Å². The molecule has 20 heavy (non-hydrogen) atoms. The third-order valence-electron chi connectivity index (χ3n) is 2.44. The molecule has 0 saturated carbocycles. The molecule has 0 unspecified atom stereocenters. The summed E-state index contributed by atoms with van der Waals surface area (Å²) in [5, 5.41) is -0.452. The van der Waals surface area contributed by atoms with Gasteiger partial charge in [0.05, 0.1) is 10.6 Å². The molecule has 0 aliphatic heterocycles. The molecule has 0 saturated heterocycles. The van der Waals surface area contributed by atoms with Gasteiger partial charge in [0.2, 0.25) is 0 Å². The van der Waals surface area contributed by atoms with Crippen molar-refractivity contribution in [1.29, 1.82) is 0 Å². The lowest BCUT2D eigenvalue weighted by atomic mass is 10.2. The third kappa shape index (κ3) is 3.22. The summed E-state index contributed by atoms with van der Waals surface area (Å²) in [6, 6.07) is 7.30. The third-order valence-corrected chi connectivity index (χ3v) is 2.72. The molecule has 0 bridgehead atoms. The largest absolute Gasteiger partial charge is 0.453 e. The molecule has 0 amide bonds. The van der Waals surface area contributed by atoms with Gasteiger partial charge in [0.15, 0.2) is 11.6 Å². The average molecular weight is 304 g/mol. The standard InChI is InChI=1S/C14H8ClF4O/c1-8-3-2-4-10(5-8)20-13-11(15)6-9(7-12(13)16)14(17,18)19/h2-7H,1H2. The van der Waals surface area contributed by atoms with Crippen molar-refractivity contribution < 1.29 is 22.3 Å². The Morgan fingerprint density at radius 3 is 2.35 bits per heavy atom.